The number of imidazole rings is 3. The molecule has 1 aliphatic rings. The fourth-order valence-electron chi connectivity index (χ4n) is 10.9. The molecule has 13 rings (SSSR count). The summed E-state index contributed by atoms with van der Waals surface area (Å²) in [5, 5.41) is 9.30. The molecule has 0 atom stereocenters. The summed E-state index contributed by atoms with van der Waals surface area (Å²) < 4.78 is 20.4. The standard InChI is InChI=1S/C23H23ClN6O.2C17H16ClN3O2.C17H15ClN2O2/c1-13-6-21(25)28-14(2)18(13)11-27-23(31)20-12-30(3)22(29-20)8-15-4-5-19-16(7-15)9-17(24)10-26-19;1-3-23-17(22)15-10-21(2)16(20-15)7-11-4-5-14-12(6-11)8-13(18)9-19-14;1-3-23-17(22)15-10-20-16(21(15)2)7-11-4-5-14-12(6-11)8-13(18)9-19-14;1-2-22-17(21)16-6-4-14(20-16)8-11-3-5-15-12(7-11)9-13(18)10-19-15/h4-7,9-10,12H,8,11H2,1-3H3,(H2,25,28)(H,27,31);2*4-6,8-10H,3,7H2,1-2H3;3,5-7,9-10H,2,4,8H2,1H3. The molecule has 4 aromatic carbocycles. The van der Waals surface area contributed by atoms with E-state index in [2.05, 4.69) is 56.2 Å². The summed E-state index contributed by atoms with van der Waals surface area (Å²) in [6, 6.07) is 33.4. The predicted molar refractivity (Wildman–Crippen MR) is 387 cm³/mol. The number of carbonyl (C=O) groups excluding carboxylic acids is 4. The van der Waals surface area contributed by atoms with Crippen LogP contribution in [0.3, 0.4) is 0 Å². The Morgan fingerprint density at radius 1 is 0.505 bits per heavy atom. The molecule has 0 unspecified atom stereocenters. The zero-order chi connectivity index (χ0) is 70.4. The number of hydrogen-bond donors (Lipinski definition) is 2. The summed E-state index contributed by atoms with van der Waals surface area (Å²) in [6.07, 6.45) is 16.5. The molecule has 0 aliphatic carbocycles. The lowest BCUT2D eigenvalue weighted by Crippen LogP contribution is -2.24. The van der Waals surface area contributed by atoms with Crippen LogP contribution in [0, 0.1) is 13.8 Å². The van der Waals surface area contributed by atoms with Crippen LogP contribution in [0.4, 0.5) is 5.82 Å². The first-order chi connectivity index (χ1) is 47.6. The van der Waals surface area contributed by atoms with Gasteiger partial charge >= 0.3 is 17.9 Å². The number of nitrogens with zero attached hydrogens (tertiary/aromatic N) is 12. The fraction of sp³-hybridized carbons (Fsp3) is 0.230. The molecule has 0 radical (unpaired) electrons. The first kappa shape index (κ1) is 71.3. The predicted octanol–water partition coefficient (Wildman–Crippen LogP) is 14.2. The van der Waals surface area contributed by atoms with Gasteiger partial charge in [-0.25, -0.2) is 39.3 Å². The maximum Gasteiger partial charge on any atom is 0.358 e. The van der Waals surface area contributed by atoms with Gasteiger partial charge in [-0.15, -0.1) is 0 Å². The van der Waals surface area contributed by atoms with Gasteiger partial charge in [0, 0.05) is 130 Å². The molecule has 0 saturated carbocycles. The number of esters is 3. The highest BCUT2D eigenvalue weighted by molar-refractivity contribution is 6.32. The number of aryl methyl sites for hydroxylation is 4. The maximum atomic E-state index is 12.7. The van der Waals surface area contributed by atoms with Crippen molar-refractivity contribution in [1.82, 2.24) is 58.9 Å². The number of nitrogens with one attached hydrogen (secondary N) is 1. The highest BCUT2D eigenvalue weighted by Crippen LogP contribution is 2.26. The number of nitrogen functional groups attached to an aromatic ring is 1. The van der Waals surface area contributed by atoms with Crippen LogP contribution in [-0.2, 0) is 72.4 Å². The summed E-state index contributed by atoms with van der Waals surface area (Å²) >= 11 is 24.0. The van der Waals surface area contributed by atoms with Gasteiger partial charge in [0.05, 0.1) is 68.2 Å². The minimum Gasteiger partial charge on any atom is -0.461 e. The third-order valence-corrected chi connectivity index (χ3v) is 16.7. The number of fused-ring (bicyclic) bond motifs is 4. The highest BCUT2D eigenvalue weighted by atomic mass is 35.5. The smallest absolute Gasteiger partial charge is 0.358 e. The Hall–Kier alpha value is -10.5. The van der Waals surface area contributed by atoms with E-state index in [-0.39, 0.29) is 17.8 Å². The van der Waals surface area contributed by atoms with Crippen LogP contribution in [0.5, 0.6) is 0 Å². The number of nitrogens with two attached hydrogens (primary N) is 1. The summed E-state index contributed by atoms with van der Waals surface area (Å²) in [7, 11) is 5.56. The summed E-state index contributed by atoms with van der Waals surface area (Å²) in [5.74, 6) is 1.52. The Kier molecular flexibility index (Phi) is 23.6. The second-order valence-electron chi connectivity index (χ2n) is 23.1. The summed E-state index contributed by atoms with van der Waals surface area (Å²) in [5.41, 5.74) is 19.0. The Labute approximate surface area is 591 Å². The van der Waals surface area contributed by atoms with Crippen LogP contribution >= 0.6 is 46.4 Å². The first-order valence-electron chi connectivity index (χ1n) is 31.6. The number of benzene rings is 4. The van der Waals surface area contributed by atoms with E-state index in [1.54, 1.807) is 74.8 Å². The number of halogens is 4. The molecule has 21 nitrogen and oxygen atoms in total. The number of hydrogen-bond acceptors (Lipinski definition) is 17. The second kappa shape index (κ2) is 32.7. The summed E-state index contributed by atoms with van der Waals surface area (Å²) in [6.45, 7) is 10.6. The van der Waals surface area contributed by atoms with Gasteiger partial charge in [-0.3, -0.25) is 24.7 Å². The topological polar surface area (TPSA) is 264 Å². The lowest BCUT2D eigenvalue weighted by Gasteiger charge is -2.10. The molecule has 506 valence electrons. The Bertz CT molecular complexity index is 4980. The van der Waals surface area contributed by atoms with Gasteiger partial charge in [0.25, 0.3) is 5.91 Å². The van der Waals surface area contributed by atoms with E-state index < -0.39 is 5.97 Å². The third kappa shape index (κ3) is 18.6. The molecule has 0 fully saturated rings. The van der Waals surface area contributed by atoms with Gasteiger partial charge < -0.3 is 39.0 Å². The molecule has 0 saturated heterocycles. The second-order valence-corrected chi connectivity index (χ2v) is 24.8. The van der Waals surface area contributed by atoms with Crippen LogP contribution in [0.15, 0.2) is 163 Å². The molecule has 25 heteroatoms. The normalized spacial score (nSPS) is 11.6. The van der Waals surface area contributed by atoms with Crippen molar-refractivity contribution >= 4 is 125 Å². The van der Waals surface area contributed by atoms with Crippen LogP contribution < -0.4 is 11.1 Å². The molecule has 12 aromatic rings. The highest BCUT2D eigenvalue weighted by Gasteiger charge is 2.20. The van der Waals surface area contributed by atoms with E-state index in [0.29, 0.717) is 107 Å². The fourth-order valence-corrected chi connectivity index (χ4v) is 11.6. The molecular formula is C74H70Cl4N14O7. The molecule has 99 heavy (non-hydrogen) atoms. The molecule has 8 aromatic heterocycles. The van der Waals surface area contributed by atoms with Gasteiger partial charge in [-0.2, -0.15) is 0 Å². The van der Waals surface area contributed by atoms with E-state index in [9.17, 15) is 19.2 Å². The average molecular weight is 1410 g/mol. The van der Waals surface area contributed by atoms with Crippen molar-refractivity contribution in [3.05, 3.63) is 252 Å². The van der Waals surface area contributed by atoms with E-state index in [0.717, 1.165) is 106 Å². The molecule has 0 spiro atoms. The molecule has 1 amide bonds. The lowest BCUT2D eigenvalue weighted by atomic mass is 10.0. The number of amides is 1. The van der Waals surface area contributed by atoms with Crippen molar-refractivity contribution in [2.24, 2.45) is 26.1 Å². The molecule has 0 bridgehead atoms. The van der Waals surface area contributed by atoms with Crippen molar-refractivity contribution in [3.63, 3.8) is 0 Å². The van der Waals surface area contributed by atoms with Crippen LogP contribution in [0.2, 0.25) is 20.1 Å². The number of aliphatic imine (C=N–C) groups is 1. The van der Waals surface area contributed by atoms with Gasteiger partial charge in [-0.05, 0) is 153 Å². The zero-order valence-corrected chi connectivity index (χ0v) is 58.6. The third-order valence-electron chi connectivity index (χ3n) is 15.9. The first-order valence-corrected chi connectivity index (χ1v) is 33.1. The number of pyridine rings is 5. The Balaban J connectivity index is 0.000000144. The number of rotatable bonds is 17. The number of anilines is 1. The van der Waals surface area contributed by atoms with Crippen LogP contribution in [-0.4, -0.2) is 103 Å². The number of ether oxygens (including phenoxy) is 3. The van der Waals surface area contributed by atoms with Crippen LogP contribution in [0.1, 0.15) is 115 Å². The van der Waals surface area contributed by atoms with Gasteiger partial charge in [-0.1, -0.05) is 70.7 Å². The van der Waals surface area contributed by atoms with Crippen molar-refractivity contribution in [1.29, 1.82) is 0 Å². The van der Waals surface area contributed by atoms with E-state index in [4.69, 9.17) is 66.3 Å². The van der Waals surface area contributed by atoms with E-state index in [1.807, 2.05) is 141 Å². The largest absolute Gasteiger partial charge is 0.461 e. The molecule has 3 N–H and O–H groups in total. The van der Waals surface area contributed by atoms with E-state index >= 15 is 0 Å². The van der Waals surface area contributed by atoms with Crippen molar-refractivity contribution < 1.29 is 33.4 Å². The number of allylic oxidation sites excluding steroid dienone is 1. The molecule has 9 heterocycles. The van der Waals surface area contributed by atoms with Crippen molar-refractivity contribution in [2.75, 3.05) is 25.6 Å². The van der Waals surface area contributed by atoms with E-state index in [1.165, 1.54) is 0 Å². The van der Waals surface area contributed by atoms with Gasteiger partial charge in [0.2, 0.25) is 0 Å². The quantitative estimate of drug-likeness (QED) is 0.0634. The van der Waals surface area contributed by atoms with Crippen molar-refractivity contribution in [2.45, 2.75) is 73.3 Å². The Morgan fingerprint density at radius 3 is 1.39 bits per heavy atom. The van der Waals surface area contributed by atoms with Crippen LogP contribution in [0.25, 0.3) is 43.6 Å². The summed E-state index contributed by atoms with van der Waals surface area (Å²) in [4.78, 5) is 86.9. The monoisotopic (exact) mass is 1410 g/mol. The molecule has 1 aliphatic heterocycles. The SMILES string of the molecule is CCOC(=O)C1=CCC(Cc2ccc3ncc(Cl)cc3c2)=N1.CCOC(=O)c1cn(C)c(Cc2ccc3ncc(Cl)cc3c2)n1.CCOC(=O)c1cnc(Cc2ccc3ncc(Cl)cc3c2)n1C.Cc1cc(N)nc(C)c1CNC(=O)c1cn(C)c(Cc2ccc3ncc(Cl)cc3c2)n1. The Morgan fingerprint density at radius 2 is 0.929 bits per heavy atom. The lowest BCUT2D eigenvalue weighted by molar-refractivity contribution is -0.138. The van der Waals surface area contributed by atoms with Crippen molar-refractivity contribution in [3.8, 4) is 0 Å². The minimum atomic E-state index is -0.399. The molecular weight excluding hydrogens is 1340 g/mol. The van der Waals surface area contributed by atoms with Gasteiger partial charge in [0.1, 0.15) is 40.4 Å². The number of aromatic nitrogens is 11. The zero-order valence-electron chi connectivity index (χ0n) is 55.6. The maximum absolute atomic E-state index is 12.7. The number of carbonyl (C=O) groups is 4. The van der Waals surface area contributed by atoms with Gasteiger partial charge in [0.15, 0.2) is 5.69 Å². The average Bonchev–Trinajstić information content (AvgIpc) is 1.82. The minimum absolute atomic E-state index is 0.230.